The molecule has 0 radical (unpaired) electrons. The number of hydrogen-bond donors (Lipinski definition) is 0. The molecule has 0 N–H and O–H groups in total. The third-order valence-electron chi connectivity index (χ3n) is 1.19. The van der Waals surface area contributed by atoms with Crippen molar-refractivity contribution in [2.75, 3.05) is 19.0 Å². The fraction of sp³-hybridized carbons (Fsp3) is 0.875. The summed E-state index contributed by atoms with van der Waals surface area (Å²) in [5.41, 5.74) is 0. The van der Waals surface area contributed by atoms with Gasteiger partial charge in [0, 0.05) is 25.4 Å². The molecule has 0 aromatic heterocycles. The molecular weight excluding hydrogens is 160 g/mol. The summed E-state index contributed by atoms with van der Waals surface area (Å²) in [6, 6.07) is 0. The van der Waals surface area contributed by atoms with Crippen LogP contribution in [0.5, 0.6) is 0 Å². The van der Waals surface area contributed by atoms with Gasteiger partial charge < -0.3 is 4.74 Å². The number of carbonyl (C=O) groups excluding carboxylic acids is 1. The molecule has 0 bridgehead atoms. The van der Waals surface area contributed by atoms with Crippen molar-refractivity contribution in [2.45, 2.75) is 26.7 Å². The highest BCUT2D eigenvalue weighted by molar-refractivity contribution is 8.13. The van der Waals surface area contributed by atoms with E-state index in [0.29, 0.717) is 6.42 Å². The molecule has 0 rings (SSSR count). The zero-order chi connectivity index (χ0) is 8.53. The van der Waals surface area contributed by atoms with Crippen LogP contribution in [0.25, 0.3) is 0 Å². The van der Waals surface area contributed by atoms with Crippen LogP contribution in [0.1, 0.15) is 26.7 Å². The third kappa shape index (κ3) is 7.88. The lowest BCUT2D eigenvalue weighted by molar-refractivity contribution is -0.110. The van der Waals surface area contributed by atoms with E-state index in [0.717, 1.165) is 25.4 Å². The number of thioether (sulfide) groups is 1. The van der Waals surface area contributed by atoms with Crippen molar-refractivity contribution < 1.29 is 9.53 Å². The first-order valence-corrected chi connectivity index (χ1v) is 5.03. The number of carbonyl (C=O) groups is 1. The van der Waals surface area contributed by atoms with E-state index in [9.17, 15) is 4.79 Å². The zero-order valence-electron chi connectivity index (χ0n) is 7.26. The second-order valence-corrected chi connectivity index (χ2v) is 3.28. The van der Waals surface area contributed by atoms with Crippen molar-refractivity contribution in [3.63, 3.8) is 0 Å². The smallest absolute Gasteiger partial charge is 0.188 e. The fourth-order valence-electron chi connectivity index (χ4n) is 0.593. The van der Waals surface area contributed by atoms with Crippen molar-refractivity contribution in [1.82, 2.24) is 0 Å². The summed E-state index contributed by atoms with van der Waals surface area (Å²) >= 11 is 1.41. The molecule has 0 aromatic rings. The molecule has 66 valence electrons. The molecule has 0 aliphatic rings. The Hall–Kier alpha value is -0.0200. The van der Waals surface area contributed by atoms with Crippen molar-refractivity contribution in [1.29, 1.82) is 0 Å². The summed E-state index contributed by atoms with van der Waals surface area (Å²) in [6.45, 7) is 5.41. The van der Waals surface area contributed by atoms with E-state index in [1.54, 1.807) is 0 Å². The lowest BCUT2D eigenvalue weighted by atomic mass is 10.5. The van der Waals surface area contributed by atoms with Gasteiger partial charge in [-0.25, -0.2) is 0 Å². The van der Waals surface area contributed by atoms with E-state index in [2.05, 4.69) is 0 Å². The average Bonchev–Trinajstić information content (AvgIpc) is 2.04. The Morgan fingerprint density at radius 3 is 2.73 bits per heavy atom. The predicted octanol–water partition coefficient (Wildman–Crippen LogP) is 2.08. The van der Waals surface area contributed by atoms with Crippen LogP contribution >= 0.6 is 11.8 Å². The van der Waals surface area contributed by atoms with Crippen LogP contribution in [0, 0.1) is 0 Å². The molecule has 0 fully saturated rings. The molecule has 0 spiro atoms. The first-order chi connectivity index (χ1) is 5.31. The van der Waals surface area contributed by atoms with Gasteiger partial charge in [0.05, 0.1) is 0 Å². The van der Waals surface area contributed by atoms with Gasteiger partial charge in [0.1, 0.15) is 0 Å². The molecule has 11 heavy (non-hydrogen) atoms. The van der Waals surface area contributed by atoms with Crippen LogP contribution in [-0.4, -0.2) is 24.1 Å². The Balaban J connectivity index is 2.95. The zero-order valence-corrected chi connectivity index (χ0v) is 8.08. The lowest BCUT2D eigenvalue weighted by Crippen LogP contribution is -1.97. The van der Waals surface area contributed by atoms with E-state index in [1.807, 2.05) is 13.8 Å². The summed E-state index contributed by atoms with van der Waals surface area (Å²) in [4.78, 5) is 10.8. The third-order valence-corrected chi connectivity index (χ3v) is 2.29. The summed E-state index contributed by atoms with van der Waals surface area (Å²) < 4.78 is 5.12. The standard InChI is InChI=1S/C8H16O2S/c1-3-8(9)11-7-5-6-10-4-2/h3-7H2,1-2H3. The molecule has 0 heterocycles. The van der Waals surface area contributed by atoms with E-state index in [4.69, 9.17) is 4.74 Å². The van der Waals surface area contributed by atoms with Crippen LogP contribution in [0.4, 0.5) is 0 Å². The van der Waals surface area contributed by atoms with Gasteiger partial charge in [-0.05, 0) is 13.3 Å². The topological polar surface area (TPSA) is 26.3 Å². The van der Waals surface area contributed by atoms with E-state index >= 15 is 0 Å². The highest BCUT2D eigenvalue weighted by atomic mass is 32.2. The molecule has 0 atom stereocenters. The normalized spacial score (nSPS) is 10.0. The van der Waals surface area contributed by atoms with Gasteiger partial charge in [0.2, 0.25) is 0 Å². The minimum atomic E-state index is 0.279. The molecule has 0 amide bonds. The maximum Gasteiger partial charge on any atom is 0.188 e. The maximum absolute atomic E-state index is 10.8. The highest BCUT2D eigenvalue weighted by Crippen LogP contribution is 2.06. The van der Waals surface area contributed by atoms with E-state index in [-0.39, 0.29) is 5.12 Å². The SMILES string of the molecule is CCOCCCSC(=O)CC. The highest BCUT2D eigenvalue weighted by Gasteiger charge is 1.97. The predicted molar refractivity (Wildman–Crippen MR) is 48.9 cm³/mol. The maximum atomic E-state index is 10.8. The molecular formula is C8H16O2S. The van der Waals surface area contributed by atoms with Gasteiger partial charge in [-0.3, -0.25) is 4.79 Å². The molecule has 0 aliphatic heterocycles. The summed E-state index contributed by atoms with van der Waals surface area (Å²) in [6.07, 6.45) is 1.61. The Morgan fingerprint density at radius 2 is 2.18 bits per heavy atom. The van der Waals surface area contributed by atoms with Crippen molar-refractivity contribution >= 4 is 16.9 Å². The minimum Gasteiger partial charge on any atom is -0.382 e. The van der Waals surface area contributed by atoms with E-state index in [1.165, 1.54) is 11.8 Å². The Morgan fingerprint density at radius 1 is 1.45 bits per heavy atom. The Bertz CT molecular complexity index is 104. The van der Waals surface area contributed by atoms with Gasteiger partial charge in [-0.1, -0.05) is 18.7 Å². The lowest BCUT2D eigenvalue weighted by Gasteiger charge is -1.99. The summed E-state index contributed by atoms with van der Waals surface area (Å²) in [5, 5.41) is 0.279. The van der Waals surface area contributed by atoms with Gasteiger partial charge in [-0.2, -0.15) is 0 Å². The molecule has 2 nitrogen and oxygen atoms in total. The van der Waals surface area contributed by atoms with Gasteiger partial charge in [0.25, 0.3) is 0 Å². The first-order valence-electron chi connectivity index (χ1n) is 4.04. The molecule has 0 aromatic carbocycles. The fourth-order valence-corrected chi connectivity index (χ4v) is 1.29. The molecule has 0 unspecified atom stereocenters. The van der Waals surface area contributed by atoms with Gasteiger partial charge in [-0.15, -0.1) is 0 Å². The van der Waals surface area contributed by atoms with Crippen LogP contribution in [0.2, 0.25) is 0 Å². The second kappa shape index (κ2) is 8.08. The monoisotopic (exact) mass is 176 g/mol. The van der Waals surface area contributed by atoms with Gasteiger partial charge in [0.15, 0.2) is 5.12 Å². The quantitative estimate of drug-likeness (QED) is 0.580. The van der Waals surface area contributed by atoms with Crippen LogP contribution in [0.3, 0.4) is 0 Å². The van der Waals surface area contributed by atoms with E-state index < -0.39 is 0 Å². The first kappa shape index (κ1) is 11.0. The van der Waals surface area contributed by atoms with Crippen LogP contribution in [-0.2, 0) is 9.53 Å². The molecule has 0 saturated heterocycles. The van der Waals surface area contributed by atoms with Crippen LogP contribution < -0.4 is 0 Å². The van der Waals surface area contributed by atoms with Crippen molar-refractivity contribution in [3.8, 4) is 0 Å². The largest absolute Gasteiger partial charge is 0.382 e. The second-order valence-electron chi connectivity index (χ2n) is 2.12. The summed E-state index contributed by atoms with van der Waals surface area (Å²) in [7, 11) is 0. The molecule has 0 aliphatic carbocycles. The average molecular weight is 176 g/mol. The summed E-state index contributed by atoms with van der Waals surface area (Å²) in [5.74, 6) is 0.896. The van der Waals surface area contributed by atoms with Crippen molar-refractivity contribution in [3.05, 3.63) is 0 Å². The molecule has 0 saturated carbocycles. The number of ether oxygens (including phenoxy) is 1. The minimum absolute atomic E-state index is 0.279. The molecule has 3 heteroatoms. The van der Waals surface area contributed by atoms with Crippen molar-refractivity contribution in [2.24, 2.45) is 0 Å². The number of rotatable bonds is 6. The number of hydrogen-bond acceptors (Lipinski definition) is 3. The Labute approximate surface area is 72.7 Å². The van der Waals surface area contributed by atoms with Gasteiger partial charge >= 0.3 is 0 Å². The van der Waals surface area contributed by atoms with Crippen LogP contribution in [0.15, 0.2) is 0 Å². The Kier molecular flexibility index (Phi) is 8.07.